The van der Waals surface area contributed by atoms with E-state index in [-0.39, 0.29) is 17.5 Å². The van der Waals surface area contributed by atoms with Crippen LogP contribution < -0.4 is 5.73 Å². The summed E-state index contributed by atoms with van der Waals surface area (Å²) in [6, 6.07) is 4.78. The van der Waals surface area contributed by atoms with E-state index in [4.69, 9.17) is 5.73 Å². The van der Waals surface area contributed by atoms with Crippen LogP contribution in [0.5, 0.6) is 0 Å². The molecule has 17 heavy (non-hydrogen) atoms. The Balaban J connectivity index is 0.00000121. The molecule has 0 spiro atoms. The molecule has 1 atom stereocenters. The number of halogens is 1. The summed E-state index contributed by atoms with van der Waals surface area (Å²) in [6.07, 6.45) is 0.352. The summed E-state index contributed by atoms with van der Waals surface area (Å²) in [5.74, 6) is -0.190. The number of carbonyl (C=O) groups is 1. The summed E-state index contributed by atoms with van der Waals surface area (Å²) in [5, 5.41) is 0. The lowest BCUT2D eigenvalue weighted by Gasteiger charge is -2.11. The van der Waals surface area contributed by atoms with Crippen molar-refractivity contribution in [2.45, 2.75) is 40.0 Å². The van der Waals surface area contributed by atoms with Gasteiger partial charge < -0.3 is 5.73 Å². The van der Waals surface area contributed by atoms with Crippen LogP contribution in [0.25, 0.3) is 0 Å². The zero-order valence-corrected chi connectivity index (χ0v) is 11.1. The van der Waals surface area contributed by atoms with Crippen molar-refractivity contribution < 1.29 is 9.18 Å². The highest BCUT2D eigenvalue weighted by Crippen LogP contribution is 2.19. The number of hydrogen-bond acceptors (Lipinski definition) is 2. The molecule has 3 heteroatoms. The van der Waals surface area contributed by atoms with Crippen molar-refractivity contribution in [3.05, 3.63) is 35.1 Å². The maximum absolute atomic E-state index is 13.4. The molecule has 96 valence electrons. The molecule has 0 saturated heterocycles. The Morgan fingerprint density at radius 2 is 2.00 bits per heavy atom. The Morgan fingerprint density at radius 3 is 2.47 bits per heavy atom. The first-order valence-corrected chi connectivity index (χ1v) is 6.02. The van der Waals surface area contributed by atoms with Gasteiger partial charge in [-0.1, -0.05) is 32.9 Å². The van der Waals surface area contributed by atoms with Crippen molar-refractivity contribution in [3.63, 3.8) is 0 Å². The van der Waals surface area contributed by atoms with Gasteiger partial charge in [0.2, 0.25) is 0 Å². The minimum atomic E-state index is -0.250. The normalized spacial score (nSPS) is 11.4. The van der Waals surface area contributed by atoms with Gasteiger partial charge in [0.15, 0.2) is 0 Å². The molecule has 0 saturated carbocycles. The Hall–Kier alpha value is -1.22. The molecule has 1 aromatic carbocycles. The second-order valence-electron chi connectivity index (χ2n) is 3.87. The first kappa shape index (κ1) is 15.8. The van der Waals surface area contributed by atoms with Crippen molar-refractivity contribution in [2.75, 3.05) is 6.54 Å². The van der Waals surface area contributed by atoms with Crippen LogP contribution in [0.1, 0.15) is 44.7 Å². The maximum atomic E-state index is 13.4. The molecule has 2 N–H and O–H groups in total. The molecule has 1 aromatic rings. The molecule has 0 heterocycles. The molecular formula is C14H22FNO. The van der Waals surface area contributed by atoms with Gasteiger partial charge in [0, 0.05) is 6.42 Å². The van der Waals surface area contributed by atoms with Crippen molar-refractivity contribution >= 4 is 5.78 Å². The zero-order valence-electron chi connectivity index (χ0n) is 11.1. The van der Waals surface area contributed by atoms with E-state index in [0.717, 1.165) is 5.56 Å². The third-order valence-corrected chi connectivity index (χ3v) is 2.40. The second-order valence-corrected chi connectivity index (χ2v) is 3.87. The molecule has 0 fully saturated rings. The molecule has 0 aliphatic heterocycles. The van der Waals surface area contributed by atoms with Gasteiger partial charge in [-0.2, -0.15) is 0 Å². The summed E-state index contributed by atoms with van der Waals surface area (Å²) in [7, 11) is 0. The first-order valence-electron chi connectivity index (χ1n) is 6.02. The fraction of sp³-hybridized carbons (Fsp3) is 0.500. The summed E-state index contributed by atoms with van der Waals surface area (Å²) in [4.78, 5) is 10.9. The highest BCUT2D eigenvalue weighted by atomic mass is 19.1. The molecule has 0 amide bonds. The fourth-order valence-corrected chi connectivity index (χ4v) is 1.50. The topological polar surface area (TPSA) is 43.1 Å². The standard InChI is InChI=1S/C12H16FNO.C2H6/c1-8(7-14)11-6-10(5-9(2)15)3-4-12(11)13;1-2/h3-4,6,8H,5,7,14H2,1-2H3;1-2H3/t8-;/m0./s1. The van der Waals surface area contributed by atoms with Gasteiger partial charge in [0.1, 0.15) is 11.6 Å². The SMILES string of the molecule is CC.CC(=O)Cc1ccc(F)c([C@@H](C)CN)c1. The van der Waals surface area contributed by atoms with Crippen LogP contribution in [-0.2, 0) is 11.2 Å². The second kappa shape index (κ2) is 7.96. The Morgan fingerprint density at radius 1 is 1.41 bits per heavy atom. The molecule has 0 aliphatic rings. The van der Waals surface area contributed by atoms with Crippen molar-refractivity contribution in [2.24, 2.45) is 5.73 Å². The number of carbonyl (C=O) groups excluding carboxylic acids is 1. The largest absolute Gasteiger partial charge is 0.330 e. The van der Waals surface area contributed by atoms with Gasteiger partial charge in [0.25, 0.3) is 0 Å². The average Bonchev–Trinajstić information content (AvgIpc) is 2.32. The fourth-order valence-electron chi connectivity index (χ4n) is 1.50. The monoisotopic (exact) mass is 239 g/mol. The molecule has 0 aliphatic carbocycles. The van der Waals surface area contributed by atoms with Crippen molar-refractivity contribution in [3.8, 4) is 0 Å². The number of ketones is 1. The average molecular weight is 239 g/mol. The Labute approximate surface area is 103 Å². The number of nitrogens with two attached hydrogens (primary N) is 1. The zero-order chi connectivity index (χ0) is 13.4. The Bertz CT molecular complexity index is 363. The smallest absolute Gasteiger partial charge is 0.134 e. The summed E-state index contributed by atoms with van der Waals surface area (Å²) >= 11 is 0. The molecule has 0 bridgehead atoms. The summed E-state index contributed by atoms with van der Waals surface area (Å²) < 4.78 is 13.4. The summed E-state index contributed by atoms with van der Waals surface area (Å²) in [5.41, 5.74) is 6.93. The molecule has 2 nitrogen and oxygen atoms in total. The van der Waals surface area contributed by atoms with Gasteiger partial charge in [-0.25, -0.2) is 4.39 Å². The number of Topliss-reactive ketones (excluding diaryl/α,β-unsaturated/α-hetero) is 1. The van der Waals surface area contributed by atoms with Gasteiger partial charge in [-0.05, 0) is 36.6 Å². The van der Waals surface area contributed by atoms with Gasteiger partial charge in [-0.15, -0.1) is 0 Å². The lowest BCUT2D eigenvalue weighted by atomic mass is 9.97. The minimum Gasteiger partial charge on any atom is -0.330 e. The van der Waals surface area contributed by atoms with Crippen LogP contribution in [0, 0.1) is 5.82 Å². The first-order chi connectivity index (χ1) is 8.04. The highest BCUT2D eigenvalue weighted by Gasteiger charge is 2.10. The number of hydrogen-bond donors (Lipinski definition) is 1. The van der Waals surface area contributed by atoms with Crippen LogP contribution in [0.2, 0.25) is 0 Å². The van der Waals surface area contributed by atoms with E-state index in [1.54, 1.807) is 12.1 Å². The molecule has 0 radical (unpaired) electrons. The van der Waals surface area contributed by atoms with E-state index in [0.29, 0.717) is 18.5 Å². The number of rotatable bonds is 4. The highest BCUT2D eigenvalue weighted by molar-refractivity contribution is 5.78. The van der Waals surface area contributed by atoms with Crippen LogP contribution in [0.15, 0.2) is 18.2 Å². The lowest BCUT2D eigenvalue weighted by Crippen LogP contribution is -2.11. The van der Waals surface area contributed by atoms with Crippen LogP contribution in [0.3, 0.4) is 0 Å². The Kier molecular flexibility index (Phi) is 7.39. The van der Waals surface area contributed by atoms with E-state index in [9.17, 15) is 9.18 Å². The van der Waals surface area contributed by atoms with Gasteiger partial charge in [0.05, 0.1) is 0 Å². The van der Waals surface area contributed by atoms with Crippen LogP contribution in [-0.4, -0.2) is 12.3 Å². The third-order valence-electron chi connectivity index (χ3n) is 2.40. The molecular weight excluding hydrogens is 217 g/mol. The minimum absolute atomic E-state index is 0.0168. The predicted molar refractivity (Wildman–Crippen MR) is 69.6 cm³/mol. The van der Waals surface area contributed by atoms with E-state index >= 15 is 0 Å². The van der Waals surface area contributed by atoms with Crippen molar-refractivity contribution in [1.82, 2.24) is 0 Å². The van der Waals surface area contributed by atoms with E-state index < -0.39 is 0 Å². The van der Waals surface area contributed by atoms with Crippen LogP contribution >= 0.6 is 0 Å². The molecule has 0 aromatic heterocycles. The quantitative estimate of drug-likeness (QED) is 0.877. The molecule has 0 unspecified atom stereocenters. The molecule has 1 rings (SSSR count). The lowest BCUT2D eigenvalue weighted by molar-refractivity contribution is -0.116. The number of benzene rings is 1. The van der Waals surface area contributed by atoms with Gasteiger partial charge in [-0.3, -0.25) is 4.79 Å². The summed E-state index contributed by atoms with van der Waals surface area (Å²) in [6.45, 7) is 7.80. The third kappa shape index (κ3) is 5.09. The maximum Gasteiger partial charge on any atom is 0.134 e. The van der Waals surface area contributed by atoms with Crippen LogP contribution in [0.4, 0.5) is 4.39 Å². The van der Waals surface area contributed by atoms with Crippen molar-refractivity contribution in [1.29, 1.82) is 0 Å². The van der Waals surface area contributed by atoms with E-state index in [2.05, 4.69) is 0 Å². The predicted octanol–water partition coefficient (Wildman–Crippen LogP) is 3.05. The van der Waals surface area contributed by atoms with Gasteiger partial charge >= 0.3 is 0 Å². The van der Waals surface area contributed by atoms with E-state index in [1.165, 1.54) is 13.0 Å². The van der Waals surface area contributed by atoms with E-state index in [1.807, 2.05) is 20.8 Å².